The number of rotatable bonds is 6. The Balaban J connectivity index is 1.19. The molecule has 1 amide bonds. The number of fused-ring (bicyclic) bond motifs is 4. The molecule has 3 N–H and O–H groups in total. The zero-order valence-electron chi connectivity index (χ0n) is 17.9. The second-order valence-electron chi connectivity index (χ2n) is 8.17. The van der Waals surface area contributed by atoms with Gasteiger partial charge in [0.15, 0.2) is 0 Å². The van der Waals surface area contributed by atoms with Gasteiger partial charge in [0, 0.05) is 24.0 Å². The van der Waals surface area contributed by atoms with Crippen molar-refractivity contribution in [3.8, 4) is 11.1 Å². The molecule has 1 aromatic heterocycles. The number of hydrogen-bond donors (Lipinski definition) is 3. The predicted octanol–water partition coefficient (Wildman–Crippen LogP) is 4.17. The van der Waals surface area contributed by atoms with Gasteiger partial charge in [0.1, 0.15) is 18.8 Å². The average Bonchev–Trinajstić information content (AvgIpc) is 3.19. The van der Waals surface area contributed by atoms with Crippen LogP contribution in [0.4, 0.5) is 4.79 Å². The molecular weight excluding hydrogens is 416 g/mol. The van der Waals surface area contributed by atoms with Crippen molar-refractivity contribution < 1.29 is 19.7 Å². The van der Waals surface area contributed by atoms with Crippen LogP contribution in [0.2, 0.25) is 0 Å². The van der Waals surface area contributed by atoms with E-state index in [1.165, 1.54) is 0 Å². The highest BCUT2D eigenvalue weighted by Gasteiger charge is 2.29. The lowest BCUT2D eigenvalue weighted by Crippen LogP contribution is -2.36. The van der Waals surface area contributed by atoms with E-state index in [2.05, 4.69) is 34.6 Å². The van der Waals surface area contributed by atoms with Gasteiger partial charge >= 0.3 is 6.09 Å². The first-order chi connectivity index (χ1) is 16.1. The molecule has 4 aromatic rings. The zero-order chi connectivity index (χ0) is 22.8. The number of aliphatic hydroxyl groups is 2. The number of carbonyl (C=O) groups excluding carboxylic acids is 1. The summed E-state index contributed by atoms with van der Waals surface area (Å²) in [6.07, 6.45) is -1.26. The van der Waals surface area contributed by atoms with Crippen molar-refractivity contribution in [3.05, 3.63) is 102 Å². The van der Waals surface area contributed by atoms with E-state index >= 15 is 0 Å². The lowest BCUT2D eigenvalue weighted by atomic mass is 9.98. The summed E-state index contributed by atoms with van der Waals surface area (Å²) in [6.45, 7) is 0.0547. The van der Waals surface area contributed by atoms with Crippen molar-refractivity contribution in [3.63, 3.8) is 0 Å². The molecule has 2 unspecified atom stereocenters. The minimum atomic E-state index is -1.18. The van der Waals surface area contributed by atoms with Crippen molar-refractivity contribution in [2.45, 2.75) is 18.1 Å². The fourth-order valence-corrected chi connectivity index (χ4v) is 4.45. The van der Waals surface area contributed by atoms with Gasteiger partial charge in [-0.25, -0.2) is 4.79 Å². The van der Waals surface area contributed by atoms with Crippen LogP contribution in [-0.4, -0.2) is 40.5 Å². The number of nitrogens with one attached hydrogen (secondary N) is 1. The summed E-state index contributed by atoms with van der Waals surface area (Å²) in [6, 6.07) is 25.2. The van der Waals surface area contributed by atoms with Gasteiger partial charge in [-0.05, 0) is 46.0 Å². The Morgan fingerprint density at radius 3 is 2.36 bits per heavy atom. The first-order valence-electron chi connectivity index (χ1n) is 10.9. The molecule has 1 aliphatic carbocycles. The molecule has 5 rings (SSSR count). The highest BCUT2D eigenvalue weighted by molar-refractivity contribution is 5.80. The van der Waals surface area contributed by atoms with Gasteiger partial charge in [0.05, 0.1) is 5.52 Å². The number of hydrogen-bond acceptors (Lipinski definition) is 5. The van der Waals surface area contributed by atoms with Gasteiger partial charge in [-0.2, -0.15) is 0 Å². The Labute approximate surface area is 191 Å². The van der Waals surface area contributed by atoms with E-state index in [1.807, 2.05) is 36.4 Å². The van der Waals surface area contributed by atoms with E-state index in [4.69, 9.17) is 4.74 Å². The SMILES string of the molecule is O=C(NCC(O)C(O)c1ccc2ncccc2c1)OCC1c2ccccc2-c2ccccc21. The summed E-state index contributed by atoms with van der Waals surface area (Å²) in [5, 5.41) is 24.3. The van der Waals surface area contributed by atoms with Crippen LogP contribution >= 0.6 is 0 Å². The van der Waals surface area contributed by atoms with Crippen LogP contribution in [0.15, 0.2) is 85.1 Å². The van der Waals surface area contributed by atoms with Gasteiger partial charge in [-0.15, -0.1) is 0 Å². The molecule has 1 heterocycles. The predicted molar refractivity (Wildman–Crippen MR) is 126 cm³/mol. The maximum atomic E-state index is 12.3. The third kappa shape index (κ3) is 4.18. The smallest absolute Gasteiger partial charge is 0.407 e. The summed E-state index contributed by atoms with van der Waals surface area (Å²) in [5.41, 5.74) is 5.94. The Morgan fingerprint density at radius 1 is 0.939 bits per heavy atom. The minimum Gasteiger partial charge on any atom is -0.449 e. The van der Waals surface area contributed by atoms with Gasteiger partial charge < -0.3 is 20.3 Å². The largest absolute Gasteiger partial charge is 0.449 e. The van der Waals surface area contributed by atoms with Crippen LogP contribution < -0.4 is 5.32 Å². The summed E-state index contributed by atoms with van der Waals surface area (Å²) in [7, 11) is 0. The molecule has 6 heteroatoms. The third-order valence-corrected chi connectivity index (χ3v) is 6.13. The zero-order valence-corrected chi connectivity index (χ0v) is 17.9. The Morgan fingerprint density at radius 2 is 1.64 bits per heavy atom. The van der Waals surface area contributed by atoms with E-state index in [0.29, 0.717) is 5.56 Å². The van der Waals surface area contributed by atoms with Crippen LogP contribution in [0.25, 0.3) is 22.0 Å². The maximum absolute atomic E-state index is 12.3. The fraction of sp³-hybridized carbons (Fsp3) is 0.185. The number of carbonyl (C=O) groups is 1. The Hall–Kier alpha value is -3.74. The standard InChI is InChI=1S/C27H24N2O4/c30-25(26(31)18-11-12-24-17(14-18)6-5-13-28-24)15-29-27(32)33-16-23-21-9-3-1-7-19(21)20-8-2-4-10-22(20)23/h1-14,23,25-26,30-31H,15-16H2,(H,29,32). The van der Waals surface area contributed by atoms with E-state index in [-0.39, 0.29) is 19.1 Å². The molecule has 6 nitrogen and oxygen atoms in total. The van der Waals surface area contributed by atoms with E-state index in [0.717, 1.165) is 33.2 Å². The van der Waals surface area contributed by atoms with Crippen LogP contribution in [0.3, 0.4) is 0 Å². The van der Waals surface area contributed by atoms with Crippen LogP contribution in [0.5, 0.6) is 0 Å². The number of benzene rings is 3. The molecule has 33 heavy (non-hydrogen) atoms. The molecule has 0 bridgehead atoms. The molecule has 0 fully saturated rings. The van der Waals surface area contributed by atoms with Crippen molar-refractivity contribution in [2.24, 2.45) is 0 Å². The molecule has 0 saturated carbocycles. The van der Waals surface area contributed by atoms with Gasteiger partial charge in [-0.1, -0.05) is 60.7 Å². The number of aliphatic hydroxyl groups excluding tert-OH is 2. The van der Waals surface area contributed by atoms with Crippen molar-refractivity contribution in [1.82, 2.24) is 10.3 Å². The van der Waals surface area contributed by atoms with E-state index in [1.54, 1.807) is 24.4 Å². The molecule has 2 atom stereocenters. The quantitative estimate of drug-likeness (QED) is 0.419. The molecule has 0 spiro atoms. The molecule has 3 aromatic carbocycles. The number of amides is 1. The van der Waals surface area contributed by atoms with E-state index < -0.39 is 18.3 Å². The van der Waals surface area contributed by atoms with Gasteiger partial charge in [0.2, 0.25) is 0 Å². The first kappa shape index (κ1) is 21.1. The number of alkyl carbamates (subject to hydrolysis) is 1. The van der Waals surface area contributed by atoms with Gasteiger partial charge in [0.25, 0.3) is 0 Å². The summed E-state index contributed by atoms with van der Waals surface area (Å²) >= 11 is 0. The number of nitrogens with zero attached hydrogens (tertiary/aromatic N) is 1. The summed E-state index contributed by atoms with van der Waals surface area (Å²) in [4.78, 5) is 16.6. The second-order valence-corrected chi connectivity index (χ2v) is 8.17. The molecule has 166 valence electrons. The monoisotopic (exact) mass is 440 g/mol. The molecule has 0 radical (unpaired) electrons. The fourth-order valence-electron chi connectivity index (χ4n) is 4.45. The van der Waals surface area contributed by atoms with Crippen LogP contribution in [0, 0.1) is 0 Å². The normalized spacial score (nSPS) is 14.4. The molecular formula is C27H24N2O4. The average molecular weight is 440 g/mol. The molecule has 0 aliphatic heterocycles. The minimum absolute atomic E-state index is 0.0372. The van der Waals surface area contributed by atoms with E-state index in [9.17, 15) is 15.0 Å². The van der Waals surface area contributed by atoms with Crippen molar-refractivity contribution in [1.29, 1.82) is 0 Å². The summed E-state index contributed by atoms with van der Waals surface area (Å²) < 4.78 is 5.48. The van der Waals surface area contributed by atoms with Crippen LogP contribution in [-0.2, 0) is 4.74 Å². The Kier molecular flexibility index (Phi) is 5.77. The highest BCUT2D eigenvalue weighted by Crippen LogP contribution is 2.44. The Bertz CT molecular complexity index is 1260. The van der Waals surface area contributed by atoms with Crippen molar-refractivity contribution >= 4 is 17.0 Å². The second kappa shape index (κ2) is 9.02. The molecule has 1 aliphatic rings. The summed E-state index contributed by atoms with van der Waals surface area (Å²) in [5.74, 6) is -0.0372. The van der Waals surface area contributed by atoms with Crippen LogP contribution in [0.1, 0.15) is 28.7 Å². The molecule has 0 saturated heterocycles. The van der Waals surface area contributed by atoms with Crippen molar-refractivity contribution in [2.75, 3.05) is 13.2 Å². The number of aromatic nitrogens is 1. The first-order valence-corrected chi connectivity index (χ1v) is 10.9. The number of pyridine rings is 1. The third-order valence-electron chi connectivity index (χ3n) is 6.13. The lowest BCUT2D eigenvalue weighted by molar-refractivity contribution is 0.0186. The van der Waals surface area contributed by atoms with Gasteiger partial charge in [-0.3, -0.25) is 4.98 Å². The highest BCUT2D eigenvalue weighted by atomic mass is 16.5. The lowest BCUT2D eigenvalue weighted by Gasteiger charge is -2.19. The maximum Gasteiger partial charge on any atom is 0.407 e. The topological polar surface area (TPSA) is 91.7 Å². The number of ether oxygens (including phenoxy) is 1.